The molecule has 2 heteroatoms. The smallest absolute Gasteiger partial charge is 0.0594 e. The van der Waals surface area contributed by atoms with Gasteiger partial charge in [0.25, 0.3) is 0 Å². The average Bonchev–Trinajstić information content (AvgIpc) is 2.80. The lowest BCUT2D eigenvalue weighted by atomic mass is 9.97. The Balaban J connectivity index is 1.85. The van der Waals surface area contributed by atoms with Crippen LogP contribution in [-0.4, -0.2) is 23.3 Å². The van der Waals surface area contributed by atoms with Gasteiger partial charge in [0.2, 0.25) is 0 Å². The van der Waals surface area contributed by atoms with E-state index in [4.69, 9.17) is 0 Å². The molecule has 1 saturated heterocycles. The fraction of sp³-hybridized carbons (Fsp3) is 0.625. The molecule has 0 aromatic heterocycles. The number of hydrogen-bond donors (Lipinski definition) is 2. The summed E-state index contributed by atoms with van der Waals surface area (Å²) in [4.78, 5) is 0. The van der Waals surface area contributed by atoms with Gasteiger partial charge in [-0.3, -0.25) is 0 Å². The van der Waals surface area contributed by atoms with E-state index in [-0.39, 0.29) is 0 Å². The summed E-state index contributed by atoms with van der Waals surface area (Å²) in [5.41, 5.74) is 2.17. The number of benzene rings is 1. The van der Waals surface area contributed by atoms with E-state index in [1.165, 1.54) is 30.5 Å². The minimum Gasteiger partial charge on any atom is -0.390 e. The molecule has 0 amide bonds. The zero-order valence-corrected chi connectivity index (χ0v) is 11.6. The highest BCUT2D eigenvalue weighted by Crippen LogP contribution is 2.16. The van der Waals surface area contributed by atoms with Crippen LogP contribution < -0.4 is 5.32 Å². The first-order chi connectivity index (χ1) is 8.53. The van der Waals surface area contributed by atoms with E-state index in [2.05, 4.69) is 29.6 Å². The Bertz CT molecular complexity index is 358. The zero-order chi connectivity index (χ0) is 13.0. The van der Waals surface area contributed by atoms with Crippen LogP contribution in [0.15, 0.2) is 24.3 Å². The van der Waals surface area contributed by atoms with Crippen molar-refractivity contribution < 1.29 is 5.11 Å². The summed E-state index contributed by atoms with van der Waals surface area (Å²) < 4.78 is 0. The van der Waals surface area contributed by atoms with Crippen molar-refractivity contribution in [3.63, 3.8) is 0 Å². The van der Waals surface area contributed by atoms with Crippen molar-refractivity contribution in [3.05, 3.63) is 35.4 Å². The van der Waals surface area contributed by atoms with E-state index in [9.17, 15) is 5.11 Å². The Morgan fingerprint density at radius 1 is 1.22 bits per heavy atom. The zero-order valence-electron chi connectivity index (χ0n) is 11.6. The second kappa shape index (κ2) is 5.85. The Hall–Kier alpha value is -0.860. The van der Waals surface area contributed by atoms with Gasteiger partial charge in [-0.15, -0.1) is 0 Å². The fourth-order valence-electron chi connectivity index (χ4n) is 2.51. The van der Waals surface area contributed by atoms with Gasteiger partial charge in [0.15, 0.2) is 0 Å². The molecule has 0 bridgehead atoms. The molecule has 0 spiro atoms. The summed E-state index contributed by atoms with van der Waals surface area (Å²) in [5.74, 6) is 0. The van der Waals surface area contributed by atoms with Gasteiger partial charge in [-0.1, -0.05) is 24.3 Å². The van der Waals surface area contributed by atoms with E-state index in [1.54, 1.807) is 0 Å². The summed E-state index contributed by atoms with van der Waals surface area (Å²) in [7, 11) is 0. The third kappa shape index (κ3) is 4.43. The van der Waals surface area contributed by atoms with E-state index < -0.39 is 5.60 Å². The van der Waals surface area contributed by atoms with Gasteiger partial charge in [0.05, 0.1) is 5.60 Å². The van der Waals surface area contributed by atoms with Crippen molar-refractivity contribution in [1.29, 1.82) is 0 Å². The lowest BCUT2D eigenvalue weighted by Crippen LogP contribution is -2.23. The molecule has 0 saturated carbocycles. The first-order valence-electron chi connectivity index (χ1n) is 7.06. The summed E-state index contributed by atoms with van der Waals surface area (Å²) in [6.07, 6.45) is 5.53. The predicted octanol–water partition coefficient (Wildman–Crippen LogP) is 2.68. The standard InChI is InChI=1S/C16H25NO/c1-16(2,18)10-9-13-5-7-14(8-6-13)12-15-4-3-11-17-15/h5-8,15,17-18H,3-4,9-12H2,1-2H3. The average molecular weight is 247 g/mol. The van der Waals surface area contributed by atoms with Crippen LogP contribution in [0.4, 0.5) is 0 Å². The van der Waals surface area contributed by atoms with Crippen molar-refractivity contribution in [2.24, 2.45) is 0 Å². The highest BCUT2D eigenvalue weighted by atomic mass is 16.3. The van der Waals surface area contributed by atoms with Gasteiger partial charge < -0.3 is 10.4 Å². The molecule has 2 nitrogen and oxygen atoms in total. The van der Waals surface area contributed by atoms with Gasteiger partial charge in [-0.2, -0.15) is 0 Å². The number of aryl methyl sites for hydroxylation is 1. The molecule has 1 aromatic carbocycles. The molecular weight excluding hydrogens is 222 g/mol. The second-order valence-electron chi connectivity index (χ2n) is 6.13. The Labute approximate surface area is 110 Å². The van der Waals surface area contributed by atoms with Crippen LogP contribution in [0.3, 0.4) is 0 Å². The van der Waals surface area contributed by atoms with Crippen LogP contribution in [0.1, 0.15) is 44.2 Å². The van der Waals surface area contributed by atoms with E-state index >= 15 is 0 Å². The molecule has 2 rings (SSSR count). The third-order valence-electron chi connectivity index (χ3n) is 3.69. The summed E-state index contributed by atoms with van der Waals surface area (Å²) >= 11 is 0. The highest BCUT2D eigenvalue weighted by Gasteiger charge is 2.14. The van der Waals surface area contributed by atoms with Gasteiger partial charge in [0, 0.05) is 6.04 Å². The minimum absolute atomic E-state index is 0.563. The summed E-state index contributed by atoms with van der Waals surface area (Å²) in [6, 6.07) is 9.55. The molecule has 1 aromatic rings. The molecule has 1 aliphatic heterocycles. The molecule has 1 fully saturated rings. The maximum absolute atomic E-state index is 9.72. The molecule has 1 heterocycles. The monoisotopic (exact) mass is 247 g/mol. The maximum Gasteiger partial charge on any atom is 0.0594 e. The van der Waals surface area contributed by atoms with Gasteiger partial charge in [0.1, 0.15) is 0 Å². The third-order valence-corrected chi connectivity index (χ3v) is 3.69. The predicted molar refractivity (Wildman–Crippen MR) is 75.8 cm³/mol. The van der Waals surface area contributed by atoms with Crippen molar-refractivity contribution in [2.75, 3.05) is 6.54 Å². The normalized spacial score (nSPS) is 20.3. The minimum atomic E-state index is -0.563. The first kappa shape index (κ1) is 13.6. The molecule has 0 radical (unpaired) electrons. The fourth-order valence-corrected chi connectivity index (χ4v) is 2.51. The number of aliphatic hydroxyl groups is 1. The topological polar surface area (TPSA) is 32.3 Å². The van der Waals surface area contributed by atoms with Crippen LogP contribution in [0.2, 0.25) is 0 Å². The van der Waals surface area contributed by atoms with E-state index in [1.807, 2.05) is 13.8 Å². The molecule has 1 atom stereocenters. The van der Waals surface area contributed by atoms with Gasteiger partial charge >= 0.3 is 0 Å². The van der Waals surface area contributed by atoms with Crippen LogP contribution >= 0.6 is 0 Å². The number of hydrogen-bond acceptors (Lipinski definition) is 2. The van der Waals surface area contributed by atoms with Crippen LogP contribution in [-0.2, 0) is 12.8 Å². The first-order valence-corrected chi connectivity index (χ1v) is 7.06. The van der Waals surface area contributed by atoms with Crippen molar-refractivity contribution >= 4 is 0 Å². The Morgan fingerprint density at radius 3 is 2.44 bits per heavy atom. The molecular formula is C16H25NO. The SMILES string of the molecule is CC(C)(O)CCc1ccc(CC2CCCN2)cc1. The lowest BCUT2D eigenvalue weighted by Gasteiger charge is -2.16. The molecule has 18 heavy (non-hydrogen) atoms. The van der Waals surface area contributed by atoms with E-state index in [0.29, 0.717) is 6.04 Å². The summed E-state index contributed by atoms with van der Waals surface area (Å²) in [5, 5.41) is 13.2. The van der Waals surface area contributed by atoms with Gasteiger partial charge in [-0.05, 0) is 63.6 Å². The Kier molecular flexibility index (Phi) is 4.41. The lowest BCUT2D eigenvalue weighted by molar-refractivity contribution is 0.0714. The quantitative estimate of drug-likeness (QED) is 0.838. The number of rotatable bonds is 5. The molecule has 0 aliphatic carbocycles. The molecule has 1 unspecified atom stereocenters. The van der Waals surface area contributed by atoms with Crippen molar-refractivity contribution in [3.8, 4) is 0 Å². The summed E-state index contributed by atoms with van der Waals surface area (Å²) in [6.45, 7) is 4.91. The molecule has 100 valence electrons. The maximum atomic E-state index is 9.72. The van der Waals surface area contributed by atoms with Crippen molar-refractivity contribution in [1.82, 2.24) is 5.32 Å². The van der Waals surface area contributed by atoms with E-state index in [0.717, 1.165) is 19.3 Å². The van der Waals surface area contributed by atoms with Crippen LogP contribution in [0.5, 0.6) is 0 Å². The second-order valence-corrected chi connectivity index (χ2v) is 6.13. The largest absolute Gasteiger partial charge is 0.390 e. The van der Waals surface area contributed by atoms with Crippen LogP contribution in [0, 0.1) is 0 Å². The Morgan fingerprint density at radius 2 is 1.89 bits per heavy atom. The van der Waals surface area contributed by atoms with Gasteiger partial charge in [-0.25, -0.2) is 0 Å². The molecule has 2 N–H and O–H groups in total. The highest BCUT2D eigenvalue weighted by molar-refractivity contribution is 5.23. The number of nitrogens with one attached hydrogen (secondary N) is 1. The van der Waals surface area contributed by atoms with Crippen molar-refractivity contribution in [2.45, 2.75) is 57.6 Å². The van der Waals surface area contributed by atoms with Crippen LogP contribution in [0.25, 0.3) is 0 Å². The molecule has 1 aliphatic rings.